The van der Waals surface area contributed by atoms with Crippen molar-refractivity contribution in [2.24, 2.45) is 0 Å². The van der Waals surface area contributed by atoms with Crippen molar-refractivity contribution in [2.45, 2.75) is 31.0 Å². The van der Waals surface area contributed by atoms with Gasteiger partial charge in [0, 0.05) is 11.6 Å². The Kier molecular flexibility index (Phi) is 4.04. The first-order valence-corrected chi connectivity index (χ1v) is 8.75. The van der Waals surface area contributed by atoms with Crippen molar-refractivity contribution in [3.8, 4) is 11.5 Å². The topological polar surface area (TPSA) is 108 Å². The first kappa shape index (κ1) is 15.9. The Morgan fingerprint density at radius 2 is 2.08 bits per heavy atom. The molecule has 4 rings (SSSR count). The highest BCUT2D eigenvalue weighted by molar-refractivity contribution is 7.99. The molecule has 1 aliphatic heterocycles. The van der Waals surface area contributed by atoms with E-state index in [1.807, 2.05) is 0 Å². The summed E-state index contributed by atoms with van der Waals surface area (Å²) in [7, 11) is 0. The molecule has 1 saturated carbocycles. The Morgan fingerprint density at radius 1 is 1.32 bits per heavy atom. The normalized spacial score (nSPS) is 15.2. The highest BCUT2D eigenvalue weighted by Crippen LogP contribution is 2.38. The van der Waals surface area contributed by atoms with Crippen LogP contribution >= 0.6 is 11.8 Å². The smallest absolute Gasteiger partial charge is 0.234 e. The second kappa shape index (κ2) is 6.36. The van der Waals surface area contributed by atoms with Gasteiger partial charge >= 0.3 is 0 Å². The zero-order chi connectivity index (χ0) is 17.4. The van der Waals surface area contributed by atoms with Gasteiger partial charge < -0.3 is 14.8 Å². The number of ether oxygens (including phenoxy) is 2. The third-order valence-corrected chi connectivity index (χ3v) is 4.79. The average molecular weight is 361 g/mol. The first-order chi connectivity index (χ1) is 12.1. The van der Waals surface area contributed by atoms with Gasteiger partial charge in [-0.15, -0.1) is 5.10 Å². The predicted molar refractivity (Wildman–Crippen MR) is 88.0 cm³/mol. The molecular weight excluding hydrogens is 346 g/mol. The van der Waals surface area contributed by atoms with Crippen molar-refractivity contribution < 1.29 is 19.1 Å². The molecule has 0 bridgehead atoms. The van der Waals surface area contributed by atoms with Gasteiger partial charge in [0.1, 0.15) is 0 Å². The minimum Gasteiger partial charge on any atom is -0.454 e. The summed E-state index contributed by atoms with van der Waals surface area (Å²) in [5.41, 5.74) is 0.787. The Hall–Kier alpha value is -2.62. The molecule has 0 atom stereocenters. The maximum atomic E-state index is 12.3. The maximum absolute atomic E-state index is 12.3. The molecule has 25 heavy (non-hydrogen) atoms. The summed E-state index contributed by atoms with van der Waals surface area (Å²) in [5, 5.41) is 14.9. The summed E-state index contributed by atoms with van der Waals surface area (Å²) >= 11 is 1.26. The molecule has 1 aromatic carbocycles. The monoisotopic (exact) mass is 361 g/mol. The Morgan fingerprint density at radius 3 is 2.80 bits per heavy atom. The van der Waals surface area contributed by atoms with E-state index < -0.39 is 0 Å². The summed E-state index contributed by atoms with van der Waals surface area (Å²) < 4.78 is 12.3. The standard InChI is InChI=1S/C15H15N5O4S/c1-8(21)10-4-12-13(24-7-23-12)5-11(10)16-14(22)6-25-15-17-18-19-20(15)9-2-3-9/h4-5,9H,2-3,6-7H2,1H3,(H,16,22). The molecule has 1 fully saturated rings. The van der Waals surface area contributed by atoms with E-state index in [2.05, 4.69) is 20.8 Å². The van der Waals surface area contributed by atoms with Crippen LogP contribution in [-0.4, -0.2) is 44.4 Å². The fourth-order valence-electron chi connectivity index (χ4n) is 2.48. The molecular formula is C15H15N5O4S. The number of tetrazole rings is 1. The highest BCUT2D eigenvalue weighted by atomic mass is 32.2. The molecule has 9 nitrogen and oxygen atoms in total. The van der Waals surface area contributed by atoms with Crippen molar-refractivity contribution in [2.75, 3.05) is 17.9 Å². The molecule has 2 aromatic rings. The molecule has 0 unspecified atom stereocenters. The number of ketones is 1. The number of rotatable bonds is 6. The van der Waals surface area contributed by atoms with Crippen LogP contribution in [0.4, 0.5) is 5.69 Å². The van der Waals surface area contributed by atoms with Crippen molar-refractivity contribution in [1.29, 1.82) is 0 Å². The summed E-state index contributed by atoms with van der Waals surface area (Å²) in [6, 6.07) is 3.54. The van der Waals surface area contributed by atoms with E-state index in [-0.39, 0.29) is 24.2 Å². The zero-order valence-corrected chi connectivity index (χ0v) is 14.2. The zero-order valence-electron chi connectivity index (χ0n) is 13.4. The molecule has 2 aliphatic rings. The fourth-order valence-corrected chi connectivity index (χ4v) is 3.23. The molecule has 0 radical (unpaired) electrons. The molecule has 0 saturated heterocycles. The van der Waals surface area contributed by atoms with E-state index in [9.17, 15) is 9.59 Å². The van der Waals surface area contributed by atoms with E-state index >= 15 is 0 Å². The summed E-state index contributed by atoms with van der Waals surface area (Å²) in [4.78, 5) is 24.1. The number of aromatic nitrogens is 4. The van der Waals surface area contributed by atoms with Crippen molar-refractivity contribution in [1.82, 2.24) is 20.2 Å². The van der Waals surface area contributed by atoms with Crippen LogP contribution in [0, 0.1) is 0 Å². The van der Waals surface area contributed by atoms with E-state index in [1.54, 1.807) is 16.8 Å². The number of Topliss-reactive ketones (excluding diaryl/α,β-unsaturated/α-hetero) is 1. The van der Waals surface area contributed by atoms with Crippen LogP contribution in [0.2, 0.25) is 0 Å². The SMILES string of the molecule is CC(=O)c1cc2c(cc1NC(=O)CSc1nnnn1C1CC1)OCO2. The lowest BCUT2D eigenvalue weighted by Gasteiger charge is -2.10. The second-order valence-corrected chi connectivity index (χ2v) is 6.72. The number of carbonyl (C=O) groups is 2. The van der Waals surface area contributed by atoms with Gasteiger partial charge in [-0.3, -0.25) is 9.59 Å². The molecule has 10 heteroatoms. The van der Waals surface area contributed by atoms with Gasteiger partial charge in [0.25, 0.3) is 0 Å². The summed E-state index contributed by atoms with van der Waals surface area (Å²) in [5.74, 6) is 0.723. The number of fused-ring (bicyclic) bond motifs is 1. The molecule has 1 amide bonds. The van der Waals surface area contributed by atoms with E-state index in [4.69, 9.17) is 9.47 Å². The van der Waals surface area contributed by atoms with Crippen LogP contribution in [0.15, 0.2) is 17.3 Å². The van der Waals surface area contributed by atoms with E-state index in [0.717, 1.165) is 12.8 Å². The quantitative estimate of drug-likeness (QED) is 0.611. The van der Waals surface area contributed by atoms with Crippen LogP contribution in [-0.2, 0) is 4.79 Å². The van der Waals surface area contributed by atoms with Gasteiger partial charge in [0.05, 0.1) is 17.5 Å². The third-order valence-electron chi connectivity index (χ3n) is 3.85. The van der Waals surface area contributed by atoms with Gasteiger partial charge in [-0.05, 0) is 36.3 Å². The number of amides is 1. The van der Waals surface area contributed by atoms with Crippen LogP contribution in [0.5, 0.6) is 11.5 Å². The molecule has 0 spiro atoms. The number of carbonyl (C=O) groups excluding carboxylic acids is 2. The second-order valence-electron chi connectivity index (χ2n) is 5.78. The lowest BCUT2D eigenvalue weighted by Crippen LogP contribution is -2.16. The molecule has 130 valence electrons. The van der Waals surface area contributed by atoms with E-state index in [0.29, 0.717) is 33.9 Å². The molecule has 1 N–H and O–H groups in total. The lowest BCUT2D eigenvalue weighted by molar-refractivity contribution is -0.113. The van der Waals surface area contributed by atoms with Crippen LogP contribution < -0.4 is 14.8 Å². The number of hydrogen-bond acceptors (Lipinski definition) is 8. The van der Waals surface area contributed by atoms with Crippen LogP contribution in [0.25, 0.3) is 0 Å². The molecule has 1 aromatic heterocycles. The van der Waals surface area contributed by atoms with Crippen LogP contribution in [0.3, 0.4) is 0 Å². The Labute approximate surface area is 147 Å². The summed E-state index contributed by atoms with van der Waals surface area (Å²) in [6.45, 7) is 1.54. The van der Waals surface area contributed by atoms with Gasteiger partial charge in [-0.1, -0.05) is 11.8 Å². The predicted octanol–water partition coefficient (Wildman–Crippen LogP) is 1.67. The minimum atomic E-state index is -0.253. The molecule has 2 heterocycles. The minimum absolute atomic E-state index is 0.101. The lowest BCUT2D eigenvalue weighted by atomic mass is 10.1. The van der Waals surface area contributed by atoms with E-state index in [1.165, 1.54) is 18.7 Å². The van der Waals surface area contributed by atoms with Gasteiger partial charge in [-0.25, -0.2) is 4.68 Å². The number of nitrogens with zero attached hydrogens (tertiary/aromatic N) is 4. The maximum Gasteiger partial charge on any atom is 0.234 e. The van der Waals surface area contributed by atoms with Crippen molar-refractivity contribution in [3.63, 3.8) is 0 Å². The average Bonchev–Trinajstić information content (AvgIpc) is 3.14. The largest absolute Gasteiger partial charge is 0.454 e. The number of anilines is 1. The highest BCUT2D eigenvalue weighted by Gasteiger charge is 2.28. The number of thioether (sulfide) groups is 1. The molecule has 1 aliphatic carbocycles. The van der Waals surface area contributed by atoms with Gasteiger partial charge in [0.15, 0.2) is 17.3 Å². The number of nitrogens with one attached hydrogen (secondary N) is 1. The van der Waals surface area contributed by atoms with Crippen molar-refractivity contribution >= 4 is 29.1 Å². The fraction of sp³-hybridized carbons (Fsp3) is 0.400. The summed E-state index contributed by atoms with van der Waals surface area (Å²) in [6.07, 6.45) is 2.12. The van der Waals surface area contributed by atoms with Crippen LogP contribution in [0.1, 0.15) is 36.2 Å². The number of benzene rings is 1. The Balaban J connectivity index is 1.45. The number of hydrogen-bond donors (Lipinski definition) is 1. The van der Waals surface area contributed by atoms with Gasteiger partial charge in [-0.2, -0.15) is 0 Å². The third kappa shape index (κ3) is 3.29. The first-order valence-electron chi connectivity index (χ1n) is 7.77. The Bertz CT molecular complexity index is 848. The van der Waals surface area contributed by atoms with Crippen molar-refractivity contribution in [3.05, 3.63) is 17.7 Å². The van der Waals surface area contributed by atoms with Gasteiger partial charge in [0.2, 0.25) is 17.9 Å².